The Morgan fingerprint density at radius 2 is 1.86 bits per heavy atom. The molecular weight excluding hydrogens is 310 g/mol. The lowest BCUT2D eigenvalue weighted by molar-refractivity contribution is 0.0942. The van der Waals surface area contributed by atoms with Crippen molar-refractivity contribution in [3.63, 3.8) is 0 Å². The van der Waals surface area contributed by atoms with Gasteiger partial charge in [0.25, 0.3) is 5.91 Å². The molecule has 2 rings (SSSR count). The zero-order valence-electron chi connectivity index (χ0n) is 11.5. The van der Waals surface area contributed by atoms with E-state index in [0.29, 0.717) is 22.1 Å². The van der Waals surface area contributed by atoms with E-state index in [1.165, 1.54) is 0 Å². The van der Waals surface area contributed by atoms with E-state index >= 15 is 0 Å². The molecule has 0 unspecified atom stereocenters. The summed E-state index contributed by atoms with van der Waals surface area (Å²) in [4.78, 5) is 11.9. The molecule has 5 nitrogen and oxygen atoms in total. The molecule has 0 bridgehead atoms. The van der Waals surface area contributed by atoms with Crippen molar-refractivity contribution in [2.75, 3.05) is 5.32 Å². The van der Waals surface area contributed by atoms with Crippen LogP contribution in [0.1, 0.15) is 21.9 Å². The number of carbonyl (C=O) groups is 1. The number of anilines is 1. The Kier molecular flexibility index (Phi) is 4.82. The van der Waals surface area contributed by atoms with E-state index in [-0.39, 0.29) is 11.0 Å². The first-order valence-electron chi connectivity index (χ1n) is 6.15. The number of furan rings is 1. The zero-order chi connectivity index (χ0) is 15.4. The Bertz CT molecular complexity index is 667. The van der Waals surface area contributed by atoms with Gasteiger partial charge in [-0.05, 0) is 56.4 Å². The molecule has 0 fully saturated rings. The number of hydrogen-bond donors (Lipinski definition) is 3. The van der Waals surface area contributed by atoms with Crippen LogP contribution in [0.3, 0.4) is 0 Å². The summed E-state index contributed by atoms with van der Waals surface area (Å²) in [6.07, 6.45) is 0. The minimum Gasteiger partial charge on any atom is -0.466 e. The second kappa shape index (κ2) is 6.60. The van der Waals surface area contributed by atoms with Gasteiger partial charge in [-0.1, -0.05) is 11.6 Å². The van der Waals surface area contributed by atoms with E-state index in [9.17, 15) is 4.79 Å². The third-order valence-corrected chi connectivity index (χ3v) is 3.13. The molecule has 0 saturated heterocycles. The lowest BCUT2D eigenvalue weighted by Gasteiger charge is -2.11. The van der Waals surface area contributed by atoms with Crippen molar-refractivity contribution in [1.82, 2.24) is 10.9 Å². The van der Waals surface area contributed by atoms with Crippen LogP contribution in [-0.2, 0) is 0 Å². The highest BCUT2D eigenvalue weighted by atomic mass is 35.5. The summed E-state index contributed by atoms with van der Waals surface area (Å²) < 4.78 is 5.30. The van der Waals surface area contributed by atoms with Crippen LogP contribution < -0.4 is 16.2 Å². The van der Waals surface area contributed by atoms with E-state index in [2.05, 4.69) is 16.2 Å². The number of hydrazine groups is 1. The van der Waals surface area contributed by atoms with Gasteiger partial charge in [0, 0.05) is 10.7 Å². The van der Waals surface area contributed by atoms with Crippen LogP contribution in [-0.4, -0.2) is 11.0 Å². The van der Waals surface area contributed by atoms with E-state index in [0.717, 1.165) is 5.69 Å². The molecule has 21 heavy (non-hydrogen) atoms. The molecule has 0 aliphatic carbocycles. The number of nitrogens with one attached hydrogen (secondary N) is 3. The highest BCUT2D eigenvalue weighted by molar-refractivity contribution is 7.80. The highest BCUT2D eigenvalue weighted by Crippen LogP contribution is 2.14. The first-order chi connectivity index (χ1) is 9.95. The third-order valence-electron chi connectivity index (χ3n) is 2.68. The monoisotopic (exact) mass is 323 g/mol. The van der Waals surface area contributed by atoms with Gasteiger partial charge in [0.1, 0.15) is 11.5 Å². The van der Waals surface area contributed by atoms with E-state index < -0.39 is 0 Å². The van der Waals surface area contributed by atoms with Crippen molar-refractivity contribution in [2.45, 2.75) is 13.8 Å². The minimum absolute atomic E-state index is 0.267. The predicted molar refractivity (Wildman–Crippen MR) is 86.5 cm³/mol. The van der Waals surface area contributed by atoms with Crippen molar-refractivity contribution in [1.29, 1.82) is 0 Å². The summed E-state index contributed by atoms with van der Waals surface area (Å²) in [6.45, 7) is 3.51. The maximum Gasteiger partial charge on any atom is 0.273 e. The average molecular weight is 324 g/mol. The van der Waals surface area contributed by atoms with E-state index in [4.69, 9.17) is 28.2 Å². The van der Waals surface area contributed by atoms with Crippen LogP contribution >= 0.6 is 23.8 Å². The SMILES string of the molecule is Cc1cc(C(=O)NNC(=S)Nc2ccc(Cl)cc2)c(C)o1. The van der Waals surface area contributed by atoms with Gasteiger partial charge in [-0.15, -0.1) is 0 Å². The smallest absolute Gasteiger partial charge is 0.273 e. The Morgan fingerprint density at radius 1 is 1.19 bits per heavy atom. The summed E-state index contributed by atoms with van der Waals surface area (Å²) >= 11 is 10.9. The lowest BCUT2D eigenvalue weighted by Crippen LogP contribution is -2.43. The van der Waals surface area contributed by atoms with Crippen molar-refractivity contribution in [2.24, 2.45) is 0 Å². The molecule has 0 saturated carbocycles. The van der Waals surface area contributed by atoms with Crippen molar-refractivity contribution >= 4 is 40.5 Å². The normalized spacial score (nSPS) is 10.0. The zero-order valence-corrected chi connectivity index (χ0v) is 13.1. The Labute approximate surface area is 132 Å². The minimum atomic E-state index is -0.315. The fraction of sp³-hybridized carbons (Fsp3) is 0.143. The number of aryl methyl sites for hydroxylation is 2. The number of hydrogen-bond acceptors (Lipinski definition) is 3. The first kappa shape index (κ1) is 15.3. The Hall–Kier alpha value is -2.05. The molecule has 0 radical (unpaired) electrons. The van der Waals surface area contributed by atoms with Gasteiger partial charge in [0.2, 0.25) is 0 Å². The van der Waals surface area contributed by atoms with Gasteiger partial charge in [0.15, 0.2) is 5.11 Å². The van der Waals surface area contributed by atoms with E-state index in [1.54, 1.807) is 44.2 Å². The fourth-order valence-corrected chi connectivity index (χ4v) is 2.03. The highest BCUT2D eigenvalue weighted by Gasteiger charge is 2.13. The van der Waals surface area contributed by atoms with Crippen molar-refractivity contribution in [3.8, 4) is 0 Å². The second-order valence-corrected chi connectivity index (χ2v) is 5.21. The van der Waals surface area contributed by atoms with Crippen LogP contribution in [0.5, 0.6) is 0 Å². The van der Waals surface area contributed by atoms with Crippen LogP contribution in [0.15, 0.2) is 34.7 Å². The number of rotatable bonds is 2. The van der Waals surface area contributed by atoms with Gasteiger partial charge in [0.05, 0.1) is 5.56 Å². The van der Waals surface area contributed by atoms with Crippen molar-refractivity contribution in [3.05, 3.63) is 52.4 Å². The number of halogens is 1. The second-order valence-electron chi connectivity index (χ2n) is 4.37. The molecule has 1 aromatic heterocycles. The maximum absolute atomic E-state index is 11.9. The molecule has 110 valence electrons. The van der Waals surface area contributed by atoms with Gasteiger partial charge < -0.3 is 9.73 Å². The van der Waals surface area contributed by atoms with Crippen LogP contribution in [0.2, 0.25) is 5.02 Å². The molecule has 2 aromatic rings. The predicted octanol–water partition coefficient (Wildman–Crippen LogP) is 3.18. The molecule has 1 amide bonds. The lowest BCUT2D eigenvalue weighted by atomic mass is 10.2. The summed E-state index contributed by atoms with van der Waals surface area (Å²) in [5, 5.41) is 3.82. The Balaban J connectivity index is 1.88. The van der Waals surface area contributed by atoms with Crippen LogP contribution in [0.4, 0.5) is 5.69 Å². The summed E-state index contributed by atoms with van der Waals surface area (Å²) in [5.41, 5.74) is 6.36. The van der Waals surface area contributed by atoms with E-state index in [1.807, 2.05) is 0 Å². The molecule has 0 aliphatic rings. The van der Waals surface area contributed by atoms with Crippen molar-refractivity contribution < 1.29 is 9.21 Å². The standard InChI is InChI=1S/C14H14ClN3O2S/c1-8-7-12(9(2)20-8)13(19)17-18-14(21)16-11-5-3-10(15)4-6-11/h3-7H,1-2H3,(H,17,19)(H2,16,18,21). The quantitative estimate of drug-likeness (QED) is 0.585. The third kappa shape index (κ3) is 4.21. The van der Waals surface area contributed by atoms with Crippen LogP contribution in [0, 0.1) is 13.8 Å². The van der Waals surface area contributed by atoms with Crippen LogP contribution in [0.25, 0.3) is 0 Å². The summed E-state index contributed by atoms with van der Waals surface area (Å²) in [5.74, 6) is 0.924. The molecule has 0 atom stereocenters. The maximum atomic E-state index is 11.9. The first-order valence-corrected chi connectivity index (χ1v) is 6.94. The largest absolute Gasteiger partial charge is 0.466 e. The number of thiocarbonyl (C=S) groups is 1. The molecular formula is C14H14ClN3O2S. The van der Waals surface area contributed by atoms with Gasteiger partial charge >= 0.3 is 0 Å². The number of benzene rings is 1. The molecule has 0 spiro atoms. The Morgan fingerprint density at radius 3 is 2.43 bits per heavy atom. The molecule has 1 aromatic carbocycles. The summed E-state index contributed by atoms with van der Waals surface area (Å²) in [6, 6.07) is 8.71. The topological polar surface area (TPSA) is 66.3 Å². The molecule has 0 aliphatic heterocycles. The molecule has 1 heterocycles. The summed E-state index contributed by atoms with van der Waals surface area (Å²) in [7, 11) is 0. The fourth-order valence-electron chi connectivity index (χ4n) is 1.73. The molecule has 3 N–H and O–H groups in total. The van der Waals surface area contributed by atoms with Gasteiger partial charge in [-0.25, -0.2) is 0 Å². The van der Waals surface area contributed by atoms with Gasteiger partial charge in [-0.3, -0.25) is 15.6 Å². The van der Waals surface area contributed by atoms with Gasteiger partial charge in [-0.2, -0.15) is 0 Å². The average Bonchev–Trinajstić information content (AvgIpc) is 2.78. The number of carbonyl (C=O) groups excluding carboxylic acids is 1. The molecule has 7 heteroatoms. The number of amides is 1.